The molecular weight excluding hydrogens is 506 g/mol. The number of amides is 1. The average molecular weight is 544 g/mol. The molecule has 0 aromatic carbocycles. The number of ether oxygens (including phenoxy) is 1. The molecule has 0 spiro atoms. The van der Waals surface area contributed by atoms with Crippen molar-refractivity contribution in [1.82, 2.24) is 24.5 Å². The highest BCUT2D eigenvalue weighted by Crippen LogP contribution is 2.28. The van der Waals surface area contributed by atoms with E-state index in [1.165, 1.54) is 18.3 Å². The van der Waals surface area contributed by atoms with Gasteiger partial charge in [-0.2, -0.15) is 0 Å². The Kier molecular flexibility index (Phi) is 8.35. The van der Waals surface area contributed by atoms with Crippen LogP contribution in [0.3, 0.4) is 0 Å². The van der Waals surface area contributed by atoms with Gasteiger partial charge >= 0.3 is 0 Å². The van der Waals surface area contributed by atoms with Crippen LogP contribution in [0.4, 0.5) is 11.6 Å². The van der Waals surface area contributed by atoms with Gasteiger partial charge < -0.3 is 15.4 Å². The van der Waals surface area contributed by atoms with Crippen LogP contribution in [0, 0.1) is 5.41 Å². The standard InChI is InChI=1S/C26H37N7O4S/c1-8-15-32(26(5,6)7)23-18(24(34)31-38(35,36)19-10-9-14-28-22(19)27)11-12-20(29-23)33-16-13-21(30-33)37-17-25(2,3)4/h9-14,16H,8,15,17H2,1-7H3,(H2,27,28)(H,31,34). The fourth-order valence-electron chi connectivity index (χ4n) is 3.60. The number of carbonyl (C=O) groups excluding carboxylic acids is 1. The number of nitrogens with one attached hydrogen (secondary N) is 1. The first-order valence-corrected chi connectivity index (χ1v) is 13.9. The first kappa shape index (κ1) is 28.9. The number of sulfonamides is 1. The number of hydrogen-bond acceptors (Lipinski definition) is 9. The zero-order valence-corrected chi connectivity index (χ0v) is 23.8. The molecular formula is C26H37N7O4S. The lowest BCUT2D eigenvalue weighted by atomic mass is 9.99. The molecule has 1 amide bonds. The summed E-state index contributed by atoms with van der Waals surface area (Å²) in [6.07, 6.45) is 3.87. The van der Waals surface area contributed by atoms with Gasteiger partial charge in [-0.3, -0.25) is 4.79 Å². The van der Waals surface area contributed by atoms with Crippen LogP contribution in [0.25, 0.3) is 5.82 Å². The van der Waals surface area contributed by atoms with Gasteiger partial charge in [-0.25, -0.2) is 27.8 Å². The Balaban J connectivity index is 2.04. The van der Waals surface area contributed by atoms with E-state index >= 15 is 0 Å². The maximum atomic E-state index is 13.4. The van der Waals surface area contributed by atoms with Gasteiger partial charge in [-0.1, -0.05) is 27.7 Å². The summed E-state index contributed by atoms with van der Waals surface area (Å²) in [6, 6.07) is 7.61. The van der Waals surface area contributed by atoms with E-state index in [1.54, 1.807) is 29.1 Å². The van der Waals surface area contributed by atoms with Gasteiger partial charge in [0.25, 0.3) is 15.9 Å². The second-order valence-electron chi connectivity index (χ2n) is 11.1. The summed E-state index contributed by atoms with van der Waals surface area (Å²) in [5.41, 5.74) is 5.39. The molecule has 0 radical (unpaired) electrons. The van der Waals surface area contributed by atoms with E-state index in [9.17, 15) is 13.2 Å². The summed E-state index contributed by atoms with van der Waals surface area (Å²) < 4.78 is 35.4. The maximum Gasteiger partial charge on any atom is 0.268 e. The quantitative estimate of drug-likeness (QED) is 0.411. The molecule has 11 nitrogen and oxygen atoms in total. The molecule has 12 heteroatoms. The number of nitrogens with zero attached hydrogens (tertiary/aromatic N) is 5. The van der Waals surface area contributed by atoms with Crippen LogP contribution in [0.1, 0.15) is 65.2 Å². The number of nitrogens with two attached hydrogens (primary N) is 1. The van der Waals surface area contributed by atoms with E-state index in [4.69, 9.17) is 15.5 Å². The van der Waals surface area contributed by atoms with Gasteiger partial charge in [0.2, 0.25) is 5.88 Å². The van der Waals surface area contributed by atoms with Crippen molar-refractivity contribution < 1.29 is 17.9 Å². The summed E-state index contributed by atoms with van der Waals surface area (Å²) in [5.74, 6) is 0.198. The third-order valence-corrected chi connectivity index (χ3v) is 6.76. The van der Waals surface area contributed by atoms with E-state index < -0.39 is 21.5 Å². The highest BCUT2D eigenvalue weighted by Gasteiger charge is 2.30. The van der Waals surface area contributed by atoms with Crippen molar-refractivity contribution in [3.05, 3.63) is 48.3 Å². The number of anilines is 2. The molecule has 206 valence electrons. The second kappa shape index (κ2) is 11.0. The lowest BCUT2D eigenvalue weighted by Crippen LogP contribution is -2.44. The Morgan fingerprint density at radius 2 is 1.84 bits per heavy atom. The lowest BCUT2D eigenvalue weighted by Gasteiger charge is -2.37. The molecule has 0 fully saturated rings. The Labute approximate surface area is 224 Å². The Bertz CT molecular complexity index is 1390. The average Bonchev–Trinajstić information content (AvgIpc) is 3.29. The van der Waals surface area contributed by atoms with Crippen LogP contribution >= 0.6 is 0 Å². The first-order valence-electron chi connectivity index (χ1n) is 12.4. The van der Waals surface area contributed by atoms with E-state index in [1.807, 2.05) is 32.6 Å². The van der Waals surface area contributed by atoms with Crippen molar-refractivity contribution in [3.63, 3.8) is 0 Å². The first-order chi connectivity index (χ1) is 17.6. The Morgan fingerprint density at radius 1 is 1.13 bits per heavy atom. The van der Waals surface area contributed by atoms with Crippen LogP contribution in [-0.2, 0) is 10.0 Å². The van der Waals surface area contributed by atoms with E-state index in [2.05, 4.69) is 35.6 Å². The zero-order chi connectivity index (χ0) is 28.3. The maximum absolute atomic E-state index is 13.4. The number of carbonyl (C=O) groups is 1. The molecule has 3 rings (SSSR count). The molecule has 3 aromatic heterocycles. The third-order valence-electron chi connectivity index (χ3n) is 5.39. The smallest absolute Gasteiger partial charge is 0.268 e. The van der Waals surface area contributed by atoms with E-state index in [-0.39, 0.29) is 21.7 Å². The monoisotopic (exact) mass is 543 g/mol. The molecule has 38 heavy (non-hydrogen) atoms. The molecule has 0 unspecified atom stereocenters. The fourth-order valence-corrected chi connectivity index (χ4v) is 4.65. The summed E-state index contributed by atoms with van der Waals surface area (Å²) in [5, 5.41) is 4.47. The summed E-state index contributed by atoms with van der Waals surface area (Å²) in [7, 11) is -4.27. The Morgan fingerprint density at radius 3 is 2.45 bits per heavy atom. The van der Waals surface area contributed by atoms with Crippen LogP contribution in [0.5, 0.6) is 5.88 Å². The molecule has 3 aromatic rings. The van der Waals surface area contributed by atoms with Crippen molar-refractivity contribution in [2.24, 2.45) is 5.41 Å². The third kappa shape index (κ3) is 7.00. The van der Waals surface area contributed by atoms with Gasteiger partial charge in [0, 0.05) is 30.5 Å². The summed E-state index contributed by atoms with van der Waals surface area (Å²) in [6.45, 7) is 15.3. The number of nitrogen functional groups attached to an aromatic ring is 1. The minimum absolute atomic E-state index is 0.0294. The predicted octanol–water partition coefficient (Wildman–Crippen LogP) is 3.80. The number of rotatable bonds is 9. The van der Waals surface area contributed by atoms with Crippen LogP contribution in [0.15, 0.2) is 47.6 Å². The molecule has 0 bridgehead atoms. The van der Waals surface area contributed by atoms with Gasteiger partial charge in [0.1, 0.15) is 16.5 Å². The van der Waals surface area contributed by atoms with Crippen LogP contribution in [0.2, 0.25) is 0 Å². The van der Waals surface area contributed by atoms with E-state index in [0.717, 1.165) is 6.42 Å². The van der Waals surface area contributed by atoms with E-state index in [0.29, 0.717) is 30.7 Å². The normalized spacial score (nSPS) is 12.3. The summed E-state index contributed by atoms with van der Waals surface area (Å²) in [4.78, 5) is 23.6. The highest BCUT2D eigenvalue weighted by molar-refractivity contribution is 7.90. The van der Waals surface area contributed by atoms with Crippen molar-refractivity contribution in [2.75, 3.05) is 23.8 Å². The number of hydrogen-bond donors (Lipinski definition) is 2. The van der Waals surface area contributed by atoms with Gasteiger partial charge in [-0.15, -0.1) is 5.10 Å². The molecule has 3 N–H and O–H groups in total. The zero-order valence-electron chi connectivity index (χ0n) is 23.0. The van der Waals surface area contributed by atoms with Crippen molar-refractivity contribution in [1.29, 1.82) is 0 Å². The predicted molar refractivity (Wildman–Crippen MR) is 147 cm³/mol. The van der Waals surface area contributed by atoms with Crippen LogP contribution in [-0.4, -0.2) is 52.8 Å². The fraction of sp³-hybridized carbons (Fsp3) is 0.462. The lowest BCUT2D eigenvalue weighted by molar-refractivity contribution is 0.0981. The summed E-state index contributed by atoms with van der Waals surface area (Å²) >= 11 is 0. The molecule has 0 aliphatic rings. The van der Waals surface area contributed by atoms with Crippen molar-refractivity contribution in [3.8, 4) is 11.7 Å². The largest absolute Gasteiger partial charge is 0.476 e. The minimum atomic E-state index is -4.27. The topological polar surface area (TPSA) is 145 Å². The molecule has 0 saturated heterocycles. The SMILES string of the molecule is CCCN(c1nc(-n2ccc(OCC(C)(C)C)n2)ccc1C(=O)NS(=O)(=O)c1cccnc1N)C(C)(C)C. The Hall–Kier alpha value is -3.67. The minimum Gasteiger partial charge on any atom is -0.476 e. The number of pyridine rings is 2. The highest BCUT2D eigenvalue weighted by atomic mass is 32.2. The van der Waals surface area contributed by atoms with Gasteiger partial charge in [-0.05, 0) is 56.9 Å². The van der Waals surface area contributed by atoms with Crippen LogP contribution < -0.4 is 20.1 Å². The molecule has 0 aliphatic carbocycles. The van der Waals surface area contributed by atoms with Crippen molar-refractivity contribution >= 4 is 27.6 Å². The number of aromatic nitrogens is 4. The van der Waals surface area contributed by atoms with Gasteiger partial charge in [0.15, 0.2) is 5.82 Å². The molecule has 3 heterocycles. The second-order valence-corrected chi connectivity index (χ2v) is 12.8. The van der Waals surface area contributed by atoms with Gasteiger partial charge in [0.05, 0.1) is 12.2 Å². The molecule has 0 aliphatic heterocycles. The van der Waals surface area contributed by atoms with Crippen molar-refractivity contribution in [2.45, 2.75) is 65.3 Å². The molecule has 0 saturated carbocycles. The molecule has 0 atom stereocenters.